The van der Waals surface area contributed by atoms with Crippen molar-refractivity contribution in [3.8, 4) is 11.4 Å². The quantitative estimate of drug-likeness (QED) is 0.727. The molecule has 0 fully saturated rings. The molecule has 0 aliphatic heterocycles. The molecule has 1 unspecified atom stereocenters. The van der Waals surface area contributed by atoms with Gasteiger partial charge < -0.3 is 9.84 Å². The summed E-state index contributed by atoms with van der Waals surface area (Å²) in [6.45, 7) is 4.17. The summed E-state index contributed by atoms with van der Waals surface area (Å²) in [6, 6.07) is 8.42. The number of alkyl halides is 2. The number of carbonyl (C=O) groups is 1. The lowest BCUT2D eigenvalue weighted by Crippen LogP contribution is -2.24. The van der Waals surface area contributed by atoms with E-state index in [0.29, 0.717) is 17.8 Å². The zero-order chi connectivity index (χ0) is 18.7. The minimum atomic E-state index is -2.81. The summed E-state index contributed by atoms with van der Waals surface area (Å²) >= 11 is 0. The number of hydrogen-bond donors (Lipinski definition) is 1. The third-order valence-corrected chi connectivity index (χ3v) is 3.72. The first-order chi connectivity index (χ1) is 12.4. The first-order valence-electron chi connectivity index (χ1n) is 7.95. The molecule has 0 spiro atoms. The second kappa shape index (κ2) is 7.42. The van der Waals surface area contributed by atoms with Gasteiger partial charge in [0.15, 0.2) is 0 Å². The highest BCUT2D eigenvalue weighted by molar-refractivity contribution is 5.92. The molecule has 0 saturated carbocycles. The third kappa shape index (κ3) is 4.11. The van der Waals surface area contributed by atoms with E-state index in [1.165, 1.54) is 0 Å². The first kappa shape index (κ1) is 17.7. The molecular formula is C17H17F2N5O2. The Morgan fingerprint density at radius 2 is 2.00 bits per heavy atom. The van der Waals surface area contributed by atoms with Gasteiger partial charge >= 0.3 is 6.43 Å². The number of anilines is 1. The van der Waals surface area contributed by atoms with E-state index in [4.69, 9.17) is 0 Å². The number of aryl methyl sites for hydroxylation is 1. The molecule has 7 nitrogen and oxygen atoms in total. The highest BCUT2D eigenvalue weighted by Gasteiger charge is 2.18. The van der Waals surface area contributed by atoms with Crippen LogP contribution in [0, 0.1) is 12.8 Å². The fourth-order valence-electron chi connectivity index (χ4n) is 2.34. The predicted molar refractivity (Wildman–Crippen MR) is 89.4 cm³/mol. The SMILES string of the molecule is Cc1ccn(CC(C)C(=O)Nc2ccc(-c3noc(C(F)F)n3)cc2)n1. The van der Waals surface area contributed by atoms with E-state index in [1.807, 2.05) is 26.1 Å². The van der Waals surface area contributed by atoms with Crippen LogP contribution in [0.25, 0.3) is 11.4 Å². The van der Waals surface area contributed by atoms with Crippen molar-refractivity contribution in [2.45, 2.75) is 26.8 Å². The van der Waals surface area contributed by atoms with Crippen LogP contribution < -0.4 is 5.32 Å². The lowest BCUT2D eigenvalue weighted by atomic mass is 10.1. The van der Waals surface area contributed by atoms with Crippen LogP contribution in [0.5, 0.6) is 0 Å². The zero-order valence-corrected chi connectivity index (χ0v) is 14.2. The van der Waals surface area contributed by atoms with Crippen LogP contribution >= 0.6 is 0 Å². The van der Waals surface area contributed by atoms with Gasteiger partial charge in [0.1, 0.15) is 0 Å². The summed E-state index contributed by atoms with van der Waals surface area (Å²) in [4.78, 5) is 15.9. The van der Waals surface area contributed by atoms with Gasteiger partial charge in [0.05, 0.1) is 18.2 Å². The molecule has 9 heteroatoms. The van der Waals surface area contributed by atoms with E-state index in [0.717, 1.165) is 5.69 Å². The Morgan fingerprint density at radius 3 is 2.58 bits per heavy atom. The summed E-state index contributed by atoms with van der Waals surface area (Å²) in [5, 5.41) is 10.6. The normalized spacial score (nSPS) is 12.3. The first-order valence-corrected chi connectivity index (χ1v) is 7.95. The number of nitrogens with zero attached hydrogens (tertiary/aromatic N) is 4. The maximum Gasteiger partial charge on any atom is 0.315 e. The van der Waals surface area contributed by atoms with Crippen molar-refractivity contribution in [2.24, 2.45) is 5.92 Å². The molecule has 136 valence electrons. The van der Waals surface area contributed by atoms with Crippen molar-refractivity contribution >= 4 is 11.6 Å². The van der Waals surface area contributed by atoms with Crippen molar-refractivity contribution in [3.63, 3.8) is 0 Å². The third-order valence-electron chi connectivity index (χ3n) is 3.72. The van der Waals surface area contributed by atoms with Crippen molar-refractivity contribution in [2.75, 3.05) is 5.32 Å². The number of hydrogen-bond acceptors (Lipinski definition) is 5. The molecule has 0 bridgehead atoms. The van der Waals surface area contributed by atoms with E-state index >= 15 is 0 Å². The largest absolute Gasteiger partial charge is 0.333 e. The molecule has 2 aromatic heterocycles. The molecule has 0 radical (unpaired) electrons. The van der Waals surface area contributed by atoms with Crippen LogP contribution in [0.3, 0.4) is 0 Å². The Labute approximate surface area is 148 Å². The molecule has 1 aromatic carbocycles. The summed E-state index contributed by atoms with van der Waals surface area (Å²) in [5.74, 6) is -1.08. The van der Waals surface area contributed by atoms with E-state index in [-0.39, 0.29) is 17.6 Å². The van der Waals surface area contributed by atoms with E-state index in [9.17, 15) is 13.6 Å². The standard InChI is InChI=1S/C17H17F2N5O2/c1-10(9-24-8-7-11(2)22-24)16(25)20-13-5-3-12(4-6-13)15-21-17(14(18)19)26-23-15/h3-8,10,14H,9H2,1-2H3,(H,20,25). The van der Waals surface area contributed by atoms with Crippen LogP contribution in [-0.4, -0.2) is 25.8 Å². The Hall–Kier alpha value is -3.10. The van der Waals surface area contributed by atoms with Gasteiger partial charge in [-0.25, -0.2) is 0 Å². The summed E-state index contributed by atoms with van der Waals surface area (Å²) in [6.07, 6.45) is -0.984. The van der Waals surface area contributed by atoms with Crippen LogP contribution in [-0.2, 0) is 11.3 Å². The maximum atomic E-state index is 12.5. The Balaban J connectivity index is 1.61. The van der Waals surface area contributed by atoms with Gasteiger partial charge in [-0.05, 0) is 37.3 Å². The number of nitrogens with one attached hydrogen (secondary N) is 1. The van der Waals surface area contributed by atoms with Crippen molar-refractivity contribution in [1.29, 1.82) is 0 Å². The van der Waals surface area contributed by atoms with Crippen LogP contribution in [0.4, 0.5) is 14.5 Å². The molecule has 0 aliphatic carbocycles. The monoisotopic (exact) mass is 361 g/mol. The lowest BCUT2D eigenvalue weighted by molar-refractivity contribution is -0.119. The molecule has 2 heterocycles. The molecule has 0 aliphatic rings. The van der Waals surface area contributed by atoms with Gasteiger partial charge in [0.25, 0.3) is 5.89 Å². The summed E-state index contributed by atoms with van der Waals surface area (Å²) in [5.41, 5.74) is 1.99. The van der Waals surface area contributed by atoms with Crippen molar-refractivity contribution < 1.29 is 18.1 Å². The number of carbonyl (C=O) groups excluding carboxylic acids is 1. The molecule has 1 amide bonds. The Bertz CT molecular complexity index is 889. The molecule has 0 saturated heterocycles. The second-order valence-electron chi connectivity index (χ2n) is 5.90. The van der Waals surface area contributed by atoms with Crippen molar-refractivity contribution in [3.05, 3.63) is 48.1 Å². The van der Waals surface area contributed by atoms with Crippen molar-refractivity contribution in [1.82, 2.24) is 19.9 Å². The topological polar surface area (TPSA) is 85.8 Å². The van der Waals surface area contributed by atoms with Gasteiger partial charge in [-0.3, -0.25) is 9.48 Å². The minimum absolute atomic E-state index is 0.0700. The van der Waals surface area contributed by atoms with Gasteiger partial charge in [0, 0.05) is 17.4 Å². The van der Waals surface area contributed by atoms with Gasteiger partial charge in [-0.2, -0.15) is 18.9 Å². The van der Waals surface area contributed by atoms with E-state index in [2.05, 4.69) is 25.1 Å². The van der Waals surface area contributed by atoms with Crippen LogP contribution in [0.2, 0.25) is 0 Å². The zero-order valence-electron chi connectivity index (χ0n) is 14.2. The highest BCUT2D eigenvalue weighted by atomic mass is 19.3. The molecule has 3 rings (SSSR count). The fourth-order valence-corrected chi connectivity index (χ4v) is 2.34. The van der Waals surface area contributed by atoms with Gasteiger partial charge in [-0.1, -0.05) is 12.1 Å². The molecule has 1 atom stereocenters. The molecular weight excluding hydrogens is 344 g/mol. The van der Waals surface area contributed by atoms with E-state index < -0.39 is 12.3 Å². The number of halogens is 2. The number of aromatic nitrogens is 4. The van der Waals surface area contributed by atoms with Crippen LogP contribution in [0.15, 0.2) is 41.1 Å². The number of amides is 1. The Kier molecular flexibility index (Phi) is 5.06. The predicted octanol–water partition coefficient (Wildman–Crippen LogP) is 3.45. The van der Waals surface area contributed by atoms with Gasteiger partial charge in [0.2, 0.25) is 11.7 Å². The lowest BCUT2D eigenvalue weighted by Gasteiger charge is -2.12. The Morgan fingerprint density at radius 1 is 1.27 bits per heavy atom. The van der Waals surface area contributed by atoms with E-state index in [1.54, 1.807) is 28.9 Å². The average molecular weight is 361 g/mol. The molecule has 3 aromatic rings. The molecule has 1 N–H and O–H groups in total. The average Bonchev–Trinajstić information content (AvgIpc) is 3.25. The smallest absolute Gasteiger partial charge is 0.315 e. The second-order valence-corrected chi connectivity index (χ2v) is 5.90. The summed E-state index contributed by atoms with van der Waals surface area (Å²) < 4.78 is 31.2. The van der Waals surface area contributed by atoms with Gasteiger partial charge in [-0.15, -0.1) is 0 Å². The highest BCUT2D eigenvalue weighted by Crippen LogP contribution is 2.23. The fraction of sp³-hybridized carbons (Fsp3) is 0.294. The molecule has 26 heavy (non-hydrogen) atoms. The van der Waals surface area contributed by atoms with Crippen LogP contribution in [0.1, 0.15) is 24.9 Å². The number of rotatable bonds is 6. The minimum Gasteiger partial charge on any atom is -0.333 e. The maximum absolute atomic E-state index is 12.5. The number of benzene rings is 1. The summed E-state index contributed by atoms with van der Waals surface area (Å²) in [7, 11) is 0.